The highest BCUT2D eigenvalue weighted by atomic mass is 16.6. The topological polar surface area (TPSA) is 117 Å². The smallest absolute Gasteiger partial charge is 0.321 e. The van der Waals surface area contributed by atoms with Crippen LogP contribution in [-0.4, -0.2) is 34.1 Å². The molecule has 1 aliphatic rings. The largest absolute Gasteiger partial charge is 0.496 e. The fourth-order valence-electron chi connectivity index (χ4n) is 3.70. The molecule has 0 fully saturated rings. The van der Waals surface area contributed by atoms with Crippen LogP contribution >= 0.6 is 0 Å². The van der Waals surface area contributed by atoms with E-state index >= 15 is 0 Å². The maximum atomic E-state index is 11.7. The monoisotopic (exact) mass is 367 g/mol. The number of nitro groups is 1. The van der Waals surface area contributed by atoms with Crippen molar-refractivity contribution in [1.82, 2.24) is 10.3 Å². The number of methoxy groups -OCH3 is 1. The van der Waals surface area contributed by atoms with E-state index in [4.69, 9.17) is 4.74 Å². The molecule has 0 bridgehead atoms. The second-order valence-electron chi connectivity index (χ2n) is 6.44. The highest BCUT2D eigenvalue weighted by Gasteiger charge is 2.35. The molecule has 4 rings (SSSR count). The molecule has 1 aliphatic heterocycles. The Kier molecular flexibility index (Phi) is 4.04. The average molecular weight is 367 g/mol. The Bertz CT molecular complexity index is 1060. The summed E-state index contributed by atoms with van der Waals surface area (Å²) in [6.45, 7) is 0. The molecule has 2 heterocycles. The van der Waals surface area contributed by atoms with Crippen LogP contribution in [0, 0.1) is 10.1 Å². The normalized spacial score (nSPS) is 18.9. The lowest BCUT2D eigenvalue weighted by molar-refractivity contribution is -0.385. The van der Waals surface area contributed by atoms with Crippen molar-refractivity contribution in [2.24, 2.45) is 0 Å². The number of nitro benzene ring substituents is 1. The maximum absolute atomic E-state index is 11.7. The highest BCUT2D eigenvalue weighted by molar-refractivity contribution is 5.87. The Hall–Kier alpha value is -3.39. The van der Waals surface area contributed by atoms with Gasteiger partial charge < -0.3 is 14.8 Å². The molecule has 2 atom stereocenters. The van der Waals surface area contributed by atoms with Gasteiger partial charge >= 0.3 is 5.97 Å². The Morgan fingerprint density at radius 3 is 2.78 bits per heavy atom. The second kappa shape index (κ2) is 6.40. The van der Waals surface area contributed by atoms with Gasteiger partial charge in [-0.15, -0.1) is 0 Å². The summed E-state index contributed by atoms with van der Waals surface area (Å²) in [5, 5.41) is 24.9. The van der Waals surface area contributed by atoms with E-state index in [0.29, 0.717) is 17.7 Å². The SMILES string of the molecule is COc1ccc([N+](=O)[O-])cc1[C@@H]1N[C@H](C(=O)O)Cc2c1[nH]c1ccccc21. The molecule has 3 aromatic rings. The fraction of sp³-hybridized carbons (Fsp3) is 0.211. The molecule has 2 aromatic carbocycles. The standard InChI is InChI=1S/C19H17N3O5/c1-27-16-7-6-10(22(25)26)8-13(16)18-17-12(9-15(21-18)19(23)24)11-4-2-3-5-14(11)20-17/h2-8,15,18,20-21H,9H2,1H3,(H,23,24)/t15-,18-/m0/s1. The molecule has 0 aliphatic carbocycles. The summed E-state index contributed by atoms with van der Waals surface area (Å²) in [4.78, 5) is 25.8. The molecule has 8 heteroatoms. The van der Waals surface area contributed by atoms with Crippen molar-refractivity contribution < 1.29 is 19.6 Å². The van der Waals surface area contributed by atoms with Crippen LogP contribution in [-0.2, 0) is 11.2 Å². The van der Waals surface area contributed by atoms with Crippen LogP contribution in [0.5, 0.6) is 5.75 Å². The zero-order valence-electron chi connectivity index (χ0n) is 14.4. The first-order chi connectivity index (χ1) is 13.0. The molecule has 0 spiro atoms. The van der Waals surface area contributed by atoms with Gasteiger partial charge in [0.15, 0.2) is 0 Å². The van der Waals surface area contributed by atoms with E-state index in [1.54, 1.807) is 0 Å². The molecule has 138 valence electrons. The number of hydrogen-bond donors (Lipinski definition) is 3. The van der Waals surface area contributed by atoms with Crippen molar-refractivity contribution in [3.8, 4) is 5.75 Å². The zero-order valence-corrected chi connectivity index (χ0v) is 14.4. The number of aromatic nitrogens is 1. The maximum Gasteiger partial charge on any atom is 0.321 e. The number of nitrogens with zero attached hydrogens (tertiary/aromatic N) is 1. The number of hydrogen-bond acceptors (Lipinski definition) is 5. The summed E-state index contributed by atoms with van der Waals surface area (Å²) >= 11 is 0. The number of nitrogens with one attached hydrogen (secondary N) is 2. The fourth-order valence-corrected chi connectivity index (χ4v) is 3.70. The van der Waals surface area contributed by atoms with Gasteiger partial charge in [-0.05, 0) is 17.7 Å². The number of H-pyrrole nitrogens is 1. The van der Waals surface area contributed by atoms with Gasteiger partial charge in [0, 0.05) is 40.7 Å². The van der Waals surface area contributed by atoms with Gasteiger partial charge in [0.2, 0.25) is 0 Å². The lowest BCUT2D eigenvalue weighted by Gasteiger charge is -2.30. The average Bonchev–Trinajstić information content (AvgIpc) is 3.05. The number of ether oxygens (including phenoxy) is 1. The van der Waals surface area contributed by atoms with Crippen LogP contribution in [0.4, 0.5) is 5.69 Å². The van der Waals surface area contributed by atoms with Gasteiger partial charge in [0.1, 0.15) is 11.8 Å². The highest BCUT2D eigenvalue weighted by Crippen LogP contribution is 2.39. The van der Waals surface area contributed by atoms with Gasteiger partial charge in [-0.2, -0.15) is 0 Å². The molecule has 1 aromatic heterocycles. The molecule has 0 saturated heterocycles. The van der Waals surface area contributed by atoms with Crippen molar-refractivity contribution in [2.45, 2.75) is 18.5 Å². The van der Waals surface area contributed by atoms with E-state index in [-0.39, 0.29) is 5.69 Å². The number of benzene rings is 2. The number of rotatable bonds is 4. The number of carboxylic acids is 1. The van der Waals surface area contributed by atoms with Crippen molar-refractivity contribution in [3.05, 3.63) is 69.4 Å². The molecule has 0 unspecified atom stereocenters. The Morgan fingerprint density at radius 2 is 2.07 bits per heavy atom. The van der Waals surface area contributed by atoms with Crippen molar-refractivity contribution in [1.29, 1.82) is 0 Å². The van der Waals surface area contributed by atoms with Crippen LogP contribution in [0.1, 0.15) is 22.9 Å². The lowest BCUT2D eigenvalue weighted by atomic mass is 9.89. The van der Waals surface area contributed by atoms with Gasteiger partial charge in [0.25, 0.3) is 5.69 Å². The van der Waals surface area contributed by atoms with E-state index < -0.39 is 23.0 Å². The van der Waals surface area contributed by atoms with Gasteiger partial charge in [-0.1, -0.05) is 18.2 Å². The summed E-state index contributed by atoms with van der Waals surface area (Å²) in [7, 11) is 1.48. The van der Waals surface area contributed by atoms with Crippen molar-refractivity contribution in [3.63, 3.8) is 0 Å². The van der Waals surface area contributed by atoms with Crippen molar-refractivity contribution >= 4 is 22.6 Å². The lowest BCUT2D eigenvalue weighted by Crippen LogP contribution is -2.45. The number of non-ortho nitro benzene ring substituents is 1. The first-order valence-electron chi connectivity index (χ1n) is 8.40. The van der Waals surface area contributed by atoms with E-state index in [2.05, 4.69) is 10.3 Å². The molecule has 3 N–H and O–H groups in total. The predicted molar refractivity (Wildman–Crippen MR) is 98.1 cm³/mol. The second-order valence-corrected chi connectivity index (χ2v) is 6.44. The molecule has 0 saturated carbocycles. The molecule has 0 radical (unpaired) electrons. The molecular formula is C19H17N3O5. The minimum absolute atomic E-state index is 0.0808. The van der Waals surface area contributed by atoms with Crippen molar-refractivity contribution in [2.75, 3.05) is 7.11 Å². The summed E-state index contributed by atoms with van der Waals surface area (Å²) in [6.07, 6.45) is 0.322. The molecule has 27 heavy (non-hydrogen) atoms. The summed E-state index contributed by atoms with van der Waals surface area (Å²) in [5.41, 5.74) is 3.03. The molecule has 8 nitrogen and oxygen atoms in total. The summed E-state index contributed by atoms with van der Waals surface area (Å²) in [5.74, 6) is -0.519. The molecule has 0 amide bonds. The Morgan fingerprint density at radius 1 is 1.30 bits per heavy atom. The van der Waals surface area contributed by atoms with E-state index in [9.17, 15) is 20.0 Å². The number of aromatic amines is 1. The van der Waals surface area contributed by atoms with Gasteiger partial charge in [0.05, 0.1) is 18.1 Å². The number of aliphatic carboxylic acids is 1. The van der Waals surface area contributed by atoms with Crippen LogP contribution in [0.3, 0.4) is 0 Å². The predicted octanol–water partition coefficient (Wildman–Crippen LogP) is 2.77. The summed E-state index contributed by atoms with van der Waals surface area (Å²) < 4.78 is 5.39. The van der Waals surface area contributed by atoms with Crippen LogP contribution < -0.4 is 10.1 Å². The van der Waals surface area contributed by atoms with Crippen LogP contribution in [0.15, 0.2) is 42.5 Å². The van der Waals surface area contributed by atoms with E-state index in [1.807, 2.05) is 24.3 Å². The first kappa shape index (κ1) is 17.0. The minimum atomic E-state index is -0.972. The summed E-state index contributed by atoms with van der Waals surface area (Å²) in [6, 6.07) is 10.6. The molecular weight excluding hydrogens is 350 g/mol. The third kappa shape index (κ3) is 2.80. The third-order valence-corrected chi connectivity index (χ3v) is 4.94. The van der Waals surface area contributed by atoms with Crippen LogP contribution in [0.2, 0.25) is 0 Å². The van der Waals surface area contributed by atoms with Crippen LogP contribution in [0.25, 0.3) is 10.9 Å². The Balaban J connectivity index is 1.94. The van der Waals surface area contributed by atoms with Gasteiger partial charge in [-0.3, -0.25) is 20.2 Å². The van der Waals surface area contributed by atoms with E-state index in [1.165, 1.54) is 25.3 Å². The van der Waals surface area contributed by atoms with Gasteiger partial charge in [-0.25, -0.2) is 0 Å². The number of carbonyl (C=O) groups is 1. The Labute approximate surface area is 153 Å². The number of carboxylic acid groups (broad SMARTS) is 1. The third-order valence-electron chi connectivity index (χ3n) is 4.94. The number of fused-ring (bicyclic) bond motifs is 3. The number of para-hydroxylation sites is 1. The van der Waals surface area contributed by atoms with E-state index in [0.717, 1.165) is 22.2 Å². The quantitative estimate of drug-likeness (QED) is 0.482. The first-order valence-corrected chi connectivity index (χ1v) is 8.40. The minimum Gasteiger partial charge on any atom is -0.496 e. The zero-order chi connectivity index (χ0) is 19.1.